The Bertz CT molecular complexity index is 828. The van der Waals surface area contributed by atoms with Crippen LogP contribution in [0.1, 0.15) is 24.2 Å². The number of hydrogen-bond donors (Lipinski definition) is 1. The van der Waals surface area contributed by atoms with Crippen LogP contribution in [0.4, 0.5) is 4.39 Å². The summed E-state index contributed by atoms with van der Waals surface area (Å²) in [5, 5.41) is 9.65. The Hall–Kier alpha value is -2.53. The highest BCUT2D eigenvalue weighted by molar-refractivity contribution is 5.72. The number of likely N-dealkylation sites (tertiary alicyclic amines) is 1. The lowest BCUT2D eigenvalue weighted by atomic mass is 9.98. The molecule has 0 radical (unpaired) electrons. The van der Waals surface area contributed by atoms with E-state index in [-0.39, 0.29) is 24.4 Å². The number of nitrogens with zero attached hydrogens (tertiary/aromatic N) is 1. The van der Waals surface area contributed by atoms with Gasteiger partial charge in [0.05, 0.1) is 6.67 Å². The van der Waals surface area contributed by atoms with Gasteiger partial charge in [-0.15, -0.1) is 0 Å². The number of halogens is 1. The molecule has 2 aliphatic rings. The monoisotopic (exact) mass is 369 g/mol. The number of ether oxygens (including phenoxy) is 2. The summed E-state index contributed by atoms with van der Waals surface area (Å²) in [5.41, 5.74) is 3.06. The van der Waals surface area contributed by atoms with Gasteiger partial charge in [-0.3, -0.25) is 9.29 Å². The predicted molar refractivity (Wildman–Crippen MR) is 103 cm³/mol. The first-order chi connectivity index (χ1) is 13.1. The van der Waals surface area contributed by atoms with E-state index in [2.05, 4.69) is 11.0 Å². The first kappa shape index (κ1) is 17.9. The zero-order valence-corrected chi connectivity index (χ0v) is 15.4. The highest BCUT2D eigenvalue weighted by atomic mass is 19.1. The maximum atomic E-state index is 12.4. The van der Waals surface area contributed by atoms with Crippen molar-refractivity contribution in [1.82, 2.24) is 4.90 Å². The van der Waals surface area contributed by atoms with Crippen LogP contribution in [0.25, 0.3) is 5.57 Å². The largest absolute Gasteiger partial charge is 0.508 e. The third-order valence-electron chi connectivity index (χ3n) is 5.18. The summed E-state index contributed by atoms with van der Waals surface area (Å²) in [6.45, 7) is 4.91. The molecule has 4 rings (SSSR count). The lowest BCUT2D eigenvalue weighted by Crippen LogP contribution is -2.49. The maximum Gasteiger partial charge on any atom is 0.143 e. The summed E-state index contributed by atoms with van der Waals surface area (Å²) in [4.78, 5) is 2.21. The van der Waals surface area contributed by atoms with Crippen LogP contribution in [0.15, 0.2) is 48.5 Å². The quantitative estimate of drug-likeness (QED) is 0.828. The van der Waals surface area contributed by atoms with E-state index in [1.807, 2.05) is 31.2 Å². The van der Waals surface area contributed by atoms with Crippen LogP contribution in [-0.4, -0.2) is 42.9 Å². The highest BCUT2D eigenvalue weighted by Gasteiger charge is 2.26. The highest BCUT2D eigenvalue weighted by Crippen LogP contribution is 2.38. The van der Waals surface area contributed by atoms with E-state index in [1.54, 1.807) is 18.2 Å². The normalized spacial score (nSPS) is 19.6. The van der Waals surface area contributed by atoms with E-state index in [4.69, 9.17) is 9.47 Å². The van der Waals surface area contributed by atoms with E-state index in [1.165, 1.54) is 0 Å². The molecule has 0 bridgehead atoms. The molecule has 1 fully saturated rings. The lowest BCUT2D eigenvalue weighted by molar-refractivity contribution is 0.0668. The van der Waals surface area contributed by atoms with Gasteiger partial charge in [0.25, 0.3) is 0 Å². The average Bonchev–Trinajstić information content (AvgIpc) is 2.64. The van der Waals surface area contributed by atoms with E-state index in [9.17, 15) is 9.50 Å². The SMILES string of the molecule is CC1=CC(c2ccc(OCCN3CC(CF)C3)cc2)Oc2ccc(O)cc21. The second kappa shape index (κ2) is 7.61. The van der Waals surface area contributed by atoms with Gasteiger partial charge in [0.15, 0.2) is 0 Å². The number of phenols is 1. The third-order valence-corrected chi connectivity index (χ3v) is 5.18. The summed E-state index contributed by atoms with van der Waals surface area (Å²) in [5.74, 6) is 2.05. The first-order valence-corrected chi connectivity index (χ1v) is 9.32. The molecule has 142 valence electrons. The number of fused-ring (bicyclic) bond motifs is 1. The molecule has 2 aromatic carbocycles. The van der Waals surface area contributed by atoms with Gasteiger partial charge in [0, 0.05) is 31.1 Å². The Morgan fingerprint density at radius 2 is 1.96 bits per heavy atom. The zero-order valence-electron chi connectivity index (χ0n) is 15.4. The van der Waals surface area contributed by atoms with Crippen molar-refractivity contribution in [2.24, 2.45) is 5.92 Å². The topological polar surface area (TPSA) is 41.9 Å². The van der Waals surface area contributed by atoms with Crippen molar-refractivity contribution in [2.45, 2.75) is 13.0 Å². The molecule has 4 nitrogen and oxygen atoms in total. The number of phenolic OH excluding ortho intramolecular Hbond substituents is 1. The smallest absolute Gasteiger partial charge is 0.143 e. The van der Waals surface area contributed by atoms with Gasteiger partial charge in [-0.25, -0.2) is 0 Å². The molecule has 2 aromatic rings. The van der Waals surface area contributed by atoms with Crippen LogP contribution in [0, 0.1) is 5.92 Å². The van der Waals surface area contributed by atoms with Crippen LogP contribution in [-0.2, 0) is 0 Å². The van der Waals surface area contributed by atoms with Gasteiger partial charge in [-0.2, -0.15) is 0 Å². The lowest BCUT2D eigenvalue weighted by Gasteiger charge is -2.37. The van der Waals surface area contributed by atoms with Crippen molar-refractivity contribution in [3.63, 3.8) is 0 Å². The molecule has 0 spiro atoms. The molecule has 2 heterocycles. The molecule has 2 aliphatic heterocycles. The number of benzene rings is 2. The van der Waals surface area contributed by atoms with Gasteiger partial charge < -0.3 is 14.6 Å². The fourth-order valence-electron chi connectivity index (χ4n) is 3.58. The molecule has 0 aliphatic carbocycles. The van der Waals surface area contributed by atoms with E-state index >= 15 is 0 Å². The minimum atomic E-state index is -0.221. The van der Waals surface area contributed by atoms with E-state index in [0.29, 0.717) is 6.61 Å². The number of alkyl halides is 1. The van der Waals surface area contributed by atoms with Crippen molar-refractivity contribution in [3.05, 3.63) is 59.7 Å². The summed E-state index contributed by atoms with van der Waals surface area (Å²) in [7, 11) is 0. The number of allylic oxidation sites excluding steroid dienone is 1. The molecule has 5 heteroatoms. The van der Waals surface area contributed by atoms with Crippen molar-refractivity contribution in [2.75, 3.05) is 32.9 Å². The van der Waals surface area contributed by atoms with E-state index < -0.39 is 0 Å². The first-order valence-electron chi connectivity index (χ1n) is 9.32. The summed E-state index contributed by atoms with van der Waals surface area (Å²) >= 11 is 0. The second-order valence-electron chi connectivity index (χ2n) is 7.27. The van der Waals surface area contributed by atoms with Crippen LogP contribution < -0.4 is 9.47 Å². The van der Waals surface area contributed by atoms with Crippen LogP contribution in [0.2, 0.25) is 0 Å². The minimum Gasteiger partial charge on any atom is -0.508 e. The Labute approximate surface area is 158 Å². The average molecular weight is 369 g/mol. The Morgan fingerprint density at radius 3 is 2.70 bits per heavy atom. The van der Waals surface area contributed by atoms with Crippen molar-refractivity contribution in [3.8, 4) is 17.2 Å². The third kappa shape index (κ3) is 3.93. The predicted octanol–water partition coefficient (Wildman–Crippen LogP) is 4.21. The molecule has 0 saturated carbocycles. The van der Waals surface area contributed by atoms with Gasteiger partial charge in [-0.05, 0) is 54.5 Å². The molecule has 27 heavy (non-hydrogen) atoms. The molecule has 1 unspecified atom stereocenters. The molecule has 0 amide bonds. The number of rotatable bonds is 6. The van der Waals surface area contributed by atoms with Crippen LogP contribution in [0.3, 0.4) is 0 Å². The Kier molecular flexibility index (Phi) is 5.03. The van der Waals surface area contributed by atoms with Crippen molar-refractivity contribution >= 4 is 5.57 Å². The van der Waals surface area contributed by atoms with Crippen molar-refractivity contribution < 1.29 is 19.0 Å². The van der Waals surface area contributed by atoms with Gasteiger partial charge >= 0.3 is 0 Å². The minimum absolute atomic E-state index is 0.158. The van der Waals surface area contributed by atoms with Crippen LogP contribution >= 0.6 is 0 Å². The van der Waals surface area contributed by atoms with Gasteiger partial charge in [0.2, 0.25) is 0 Å². The molecular weight excluding hydrogens is 345 g/mol. The standard InChI is InChI=1S/C22H24FNO3/c1-15-10-22(27-21-7-4-18(25)11-20(15)21)17-2-5-19(6-3-17)26-9-8-24-13-16(12-23)14-24/h2-7,10-11,16,22,25H,8-9,12-14H2,1H3. The fraction of sp³-hybridized carbons (Fsp3) is 0.364. The van der Waals surface area contributed by atoms with Crippen LogP contribution in [0.5, 0.6) is 17.2 Å². The Balaban J connectivity index is 1.34. The molecule has 1 saturated heterocycles. The molecule has 0 aromatic heterocycles. The zero-order chi connectivity index (χ0) is 18.8. The summed E-state index contributed by atoms with van der Waals surface area (Å²) in [6.07, 6.45) is 1.90. The summed E-state index contributed by atoms with van der Waals surface area (Å²) in [6, 6.07) is 13.1. The molecular formula is C22H24FNO3. The summed E-state index contributed by atoms with van der Waals surface area (Å²) < 4.78 is 24.3. The fourth-order valence-corrected chi connectivity index (χ4v) is 3.58. The van der Waals surface area contributed by atoms with Gasteiger partial charge in [0.1, 0.15) is 30.0 Å². The molecule has 1 atom stereocenters. The van der Waals surface area contributed by atoms with E-state index in [0.717, 1.165) is 47.8 Å². The Morgan fingerprint density at radius 1 is 1.19 bits per heavy atom. The second-order valence-corrected chi connectivity index (χ2v) is 7.27. The van der Waals surface area contributed by atoms with Crippen molar-refractivity contribution in [1.29, 1.82) is 0 Å². The molecule has 1 N–H and O–H groups in total. The van der Waals surface area contributed by atoms with Gasteiger partial charge in [-0.1, -0.05) is 12.1 Å². The number of hydrogen-bond acceptors (Lipinski definition) is 4. The maximum absolute atomic E-state index is 12.4. The number of aromatic hydroxyl groups is 1.